The summed E-state index contributed by atoms with van der Waals surface area (Å²) in [7, 11) is 0. The van der Waals surface area contributed by atoms with Gasteiger partial charge >= 0.3 is 0 Å². The lowest BCUT2D eigenvalue weighted by atomic mass is 9.87. The molecule has 1 N–H and O–H groups in total. The van der Waals surface area contributed by atoms with E-state index in [9.17, 15) is 4.79 Å². The second-order valence-corrected chi connectivity index (χ2v) is 7.48. The summed E-state index contributed by atoms with van der Waals surface area (Å²) in [4.78, 5) is 13.0. The first-order valence-corrected chi connectivity index (χ1v) is 8.94. The molecule has 5 nitrogen and oxygen atoms in total. The smallest absolute Gasteiger partial charge is 0.238 e. The Morgan fingerprint density at radius 1 is 1.08 bits per heavy atom. The summed E-state index contributed by atoms with van der Waals surface area (Å²) in [5.74, 6) is 1.36. The van der Waals surface area contributed by atoms with Crippen LogP contribution in [0.4, 0.5) is 0 Å². The fourth-order valence-corrected chi connectivity index (χ4v) is 3.02. The maximum absolute atomic E-state index is 13.0. The van der Waals surface area contributed by atoms with Gasteiger partial charge in [0.2, 0.25) is 17.7 Å². The summed E-state index contributed by atoms with van der Waals surface area (Å²) >= 11 is 0. The Labute approximate surface area is 150 Å². The van der Waals surface area contributed by atoms with Crippen molar-refractivity contribution in [2.45, 2.75) is 59.9 Å². The molecule has 1 aromatic carbocycles. The molecule has 0 radical (unpaired) electrons. The molecule has 1 heterocycles. The summed E-state index contributed by atoms with van der Waals surface area (Å²) in [6, 6.07) is 7.90. The van der Waals surface area contributed by atoms with Gasteiger partial charge in [-0.3, -0.25) is 4.79 Å². The van der Waals surface area contributed by atoms with Crippen LogP contribution in [0.3, 0.4) is 0 Å². The molecule has 2 unspecified atom stereocenters. The Morgan fingerprint density at radius 2 is 1.72 bits per heavy atom. The van der Waals surface area contributed by atoms with Gasteiger partial charge in [-0.05, 0) is 30.7 Å². The van der Waals surface area contributed by atoms with Crippen molar-refractivity contribution in [2.75, 3.05) is 0 Å². The molecule has 2 rings (SSSR count). The molecule has 0 saturated heterocycles. The number of amides is 1. The number of hydrogen-bond donors (Lipinski definition) is 1. The Kier molecular flexibility index (Phi) is 6.34. The summed E-state index contributed by atoms with van der Waals surface area (Å²) < 4.78 is 5.57. The summed E-state index contributed by atoms with van der Waals surface area (Å²) in [5.41, 5.74) is 2.22. The highest BCUT2D eigenvalue weighted by Gasteiger charge is 2.29. The van der Waals surface area contributed by atoms with E-state index < -0.39 is 0 Å². The largest absolute Gasteiger partial charge is 0.423 e. The van der Waals surface area contributed by atoms with E-state index in [-0.39, 0.29) is 23.8 Å². The van der Waals surface area contributed by atoms with Gasteiger partial charge in [0, 0.05) is 6.92 Å². The highest BCUT2D eigenvalue weighted by atomic mass is 16.4. The number of nitrogens with zero attached hydrogens (tertiary/aromatic N) is 2. The zero-order valence-electron chi connectivity index (χ0n) is 16.0. The van der Waals surface area contributed by atoms with Gasteiger partial charge < -0.3 is 9.73 Å². The fourth-order valence-electron chi connectivity index (χ4n) is 3.02. The summed E-state index contributed by atoms with van der Waals surface area (Å²) in [6.07, 6.45) is 0.756. The minimum Gasteiger partial charge on any atom is -0.423 e. The normalized spacial score (nSPS) is 13.9. The van der Waals surface area contributed by atoms with Crippen molar-refractivity contribution >= 4 is 5.91 Å². The molecule has 0 aliphatic carbocycles. The van der Waals surface area contributed by atoms with Crippen molar-refractivity contribution in [3.63, 3.8) is 0 Å². The van der Waals surface area contributed by atoms with Gasteiger partial charge in [-0.25, -0.2) is 0 Å². The van der Waals surface area contributed by atoms with Crippen LogP contribution in [0.15, 0.2) is 28.7 Å². The van der Waals surface area contributed by atoms with Crippen LogP contribution < -0.4 is 5.32 Å². The van der Waals surface area contributed by atoms with Crippen LogP contribution in [0.1, 0.15) is 69.0 Å². The van der Waals surface area contributed by atoms with Crippen molar-refractivity contribution in [2.24, 2.45) is 11.8 Å². The fraction of sp³-hybridized carbons (Fsp3) is 0.550. The molecule has 0 aliphatic rings. The molecule has 0 bridgehead atoms. The van der Waals surface area contributed by atoms with Crippen LogP contribution in [0.25, 0.3) is 0 Å². The first-order chi connectivity index (χ1) is 11.8. The third-order valence-corrected chi connectivity index (χ3v) is 4.25. The zero-order valence-corrected chi connectivity index (χ0v) is 16.0. The minimum atomic E-state index is -0.264. The average molecular weight is 343 g/mol. The van der Waals surface area contributed by atoms with E-state index in [1.165, 1.54) is 5.56 Å². The van der Waals surface area contributed by atoms with Gasteiger partial charge in [0.05, 0.1) is 5.92 Å². The molecule has 1 amide bonds. The van der Waals surface area contributed by atoms with E-state index in [0.29, 0.717) is 17.7 Å². The SMILES string of the molecule is Cc1ccc(C(C(=O)NC(CC(C)C)c2nnc(C)o2)C(C)C)cc1. The number of rotatable bonds is 7. The lowest BCUT2D eigenvalue weighted by molar-refractivity contribution is -0.124. The molecule has 0 spiro atoms. The van der Waals surface area contributed by atoms with Crippen LogP contribution >= 0.6 is 0 Å². The van der Waals surface area contributed by atoms with Gasteiger partial charge in [-0.1, -0.05) is 57.5 Å². The number of carbonyl (C=O) groups is 1. The third kappa shape index (κ3) is 5.15. The first kappa shape index (κ1) is 19.2. The zero-order chi connectivity index (χ0) is 18.6. The molecule has 0 aliphatic heterocycles. The number of hydrogen-bond acceptors (Lipinski definition) is 4. The highest BCUT2D eigenvalue weighted by molar-refractivity contribution is 5.84. The number of aryl methyl sites for hydroxylation is 2. The molecule has 2 aromatic rings. The molecular weight excluding hydrogens is 314 g/mol. The summed E-state index contributed by atoms with van der Waals surface area (Å²) in [6.45, 7) is 12.2. The van der Waals surface area contributed by atoms with Crippen molar-refractivity contribution in [3.8, 4) is 0 Å². The topological polar surface area (TPSA) is 68.0 Å². The third-order valence-electron chi connectivity index (χ3n) is 4.25. The number of aromatic nitrogens is 2. The monoisotopic (exact) mass is 343 g/mol. The molecule has 0 fully saturated rings. The van der Waals surface area contributed by atoms with Gasteiger partial charge in [0.15, 0.2) is 0 Å². The predicted molar refractivity (Wildman–Crippen MR) is 98.1 cm³/mol. The first-order valence-electron chi connectivity index (χ1n) is 8.94. The standard InChI is InChI=1S/C20H29N3O2/c1-12(2)11-17(20-23-22-15(6)25-20)21-19(24)18(13(3)4)16-9-7-14(5)8-10-16/h7-10,12-13,17-18H,11H2,1-6H3,(H,21,24). The number of carbonyl (C=O) groups excluding carboxylic acids is 1. The van der Waals surface area contributed by atoms with Crippen LogP contribution in [0.5, 0.6) is 0 Å². The summed E-state index contributed by atoms with van der Waals surface area (Å²) in [5, 5.41) is 11.1. The average Bonchev–Trinajstić information content (AvgIpc) is 2.94. The van der Waals surface area contributed by atoms with E-state index >= 15 is 0 Å². The molecule has 2 atom stereocenters. The highest BCUT2D eigenvalue weighted by Crippen LogP contribution is 2.28. The number of nitrogens with one attached hydrogen (secondary N) is 1. The second-order valence-electron chi connectivity index (χ2n) is 7.48. The lowest BCUT2D eigenvalue weighted by Gasteiger charge is -2.24. The van der Waals surface area contributed by atoms with E-state index in [0.717, 1.165) is 12.0 Å². The molecular formula is C20H29N3O2. The predicted octanol–water partition coefficient (Wildman–Crippen LogP) is 4.33. The van der Waals surface area contributed by atoms with E-state index in [1.54, 1.807) is 6.92 Å². The minimum absolute atomic E-state index is 0.000330. The van der Waals surface area contributed by atoms with Gasteiger partial charge in [-0.15, -0.1) is 10.2 Å². The Hall–Kier alpha value is -2.17. The van der Waals surface area contributed by atoms with E-state index in [2.05, 4.69) is 43.2 Å². The van der Waals surface area contributed by atoms with E-state index in [1.807, 2.05) is 31.2 Å². The Bertz CT molecular complexity index is 689. The maximum Gasteiger partial charge on any atom is 0.238 e. The molecule has 136 valence electrons. The Balaban J connectivity index is 2.23. The maximum atomic E-state index is 13.0. The second kappa shape index (κ2) is 8.28. The van der Waals surface area contributed by atoms with Crippen molar-refractivity contribution < 1.29 is 9.21 Å². The van der Waals surface area contributed by atoms with Crippen LogP contribution in [-0.2, 0) is 4.79 Å². The molecule has 5 heteroatoms. The lowest BCUT2D eigenvalue weighted by Crippen LogP contribution is -2.35. The van der Waals surface area contributed by atoms with Crippen LogP contribution in [0.2, 0.25) is 0 Å². The van der Waals surface area contributed by atoms with Gasteiger partial charge in [-0.2, -0.15) is 0 Å². The molecule has 1 aromatic heterocycles. The van der Waals surface area contributed by atoms with Gasteiger partial charge in [0.1, 0.15) is 6.04 Å². The van der Waals surface area contributed by atoms with Gasteiger partial charge in [0.25, 0.3) is 0 Å². The molecule has 0 saturated carbocycles. The van der Waals surface area contributed by atoms with Crippen LogP contribution in [0, 0.1) is 25.7 Å². The van der Waals surface area contributed by atoms with Crippen molar-refractivity contribution in [1.82, 2.24) is 15.5 Å². The van der Waals surface area contributed by atoms with Crippen LogP contribution in [-0.4, -0.2) is 16.1 Å². The van der Waals surface area contributed by atoms with Crippen molar-refractivity contribution in [1.29, 1.82) is 0 Å². The quantitative estimate of drug-likeness (QED) is 0.812. The van der Waals surface area contributed by atoms with Crippen molar-refractivity contribution in [3.05, 3.63) is 47.2 Å². The number of benzene rings is 1. The van der Waals surface area contributed by atoms with E-state index in [4.69, 9.17) is 4.42 Å². The molecule has 25 heavy (non-hydrogen) atoms. The Morgan fingerprint density at radius 3 is 2.20 bits per heavy atom.